The van der Waals surface area contributed by atoms with Gasteiger partial charge in [-0.05, 0) is 26.0 Å². The van der Waals surface area contributed by atoms with Gasteiger partial charge in [0.25, 0.3) is 0 Å². The van der Waals surface area contributed by atoms with Crippen LogP contribution >= 0.6 is 0 Å². The summed E-state index contributed by atoms with van der Waals surface area (Å²) in [5.74, 6) is 0.727. The molecule has 0 aliphatic rings. The molecule has 2 heterocycles. The lowest BCUT2D eigenvalue weighted by molar-refractivity contribution is 0.197. The Balaban J connectivity index is 2.21. The van der Waals surface area contributed by atoms with Gasteiger partial charge in [0.15, 0.2) is 0 Å². The molecule has 1 N–H and O–H groups in total. The Morgan fingerprint density at radius 3 is 2.71 bits per heavy atom. The third kappa shape index (κ3) is 2.85. The van der Waals surface area contributed by atoms with Crippen LogP contribution in [0.3, 0.4) is 0 Å². The molecule has 17 heavy (non-hydrogen) atoms. The summed E-state index contributed by atoms with van der Waals surface area (Å²) in [4.78, 5) is 12.9. The molecule has 2 aromatic heterocycles. The minimum atomic E-state index is -0.529. The van der Waals surface area contributed by atoms with Crippen molar-refractivity contribution < 1.29 is 5.11 Å². The minimum absolute atomic E-state index is 0.529. The summed E-state index contributed by atoms with van der Waals surface area (Å²) >= 11 is 0. The zero-order valence-electron chi connectivity index (χ0n) is 9.96. The maximum atomic E-state index is 9.49. The number of rotatable bonds is 3. The number of nitrogens with zero attached hydrogens (tertiary/aromatic N) is 3. The highest BCUT2D eigenvalue weighted by Crippen LogP contribution is 2.14. The van der Waals surface area contributed by atoms with Gasteiger partial charge in [-0.3, -0.25) is 4.98 Å². The maximum Gasteiger partial charge on any atom is 0.134 e. The predicted molar refractivity (Wildman–Crippen MR) is 64.4 cm³/mol. The molecular formula is C13H15N3O. The van der Waals surface area contributed by atoms with Gasteiger partial charge in [-0.2, -0.15) is 0 Å². The molecule has 4 heteroatoms. The Bertz CT molecular complexity index is 497. The lowest BCUT2D eigenvalue weighted by atomic mass is 10.1. The van der Waals surface area contributed by atoms with Gasteiger partial charge in [-0.1, -0.05) is 6.07 Å². The average molecular weight is 229 g/mol. The van der Waals surface area contributed by atoms with Gasteiger partial charge in [0.2, 0.25) is 0 Å². The second kappa shape index (κ2) is 5.01. The Morgan fingerprint density at radius 1 is 1.29 bits per heavy atom. The van der Waals surface area contributed by atoms with Crippen LogP contribution < -0.4 is 0 Å². The largest absolute Gasteiger partial charge is 0.389 e. The van der Waals surface area contributed by atoms with E-state index in [1.54, 1.807) is 19.3 Å². The Hall–Kier alpha value is -1.81. The zero-order valence-corrected chi connectivity index (χ0v) is 9.96. The molecule has 0 spiro atoms. The summed E-state index contributed by atoms with van der Waals surface area (Å²) in [6, 6.07) is 5.77. The first-order valence-electron chi connectivity index (χ1n) is 5.57. The smallest absolute Gasteiger partial charge is 0.134 e. The van der Waals surface area contributed by atoms with E-state index in [2.05, 4.69) is 15.0 Å². The summed E-state index contributed by atoms with van der Waals surface area (Å²) in [6.45, 7) is 3.59. The number of pyridine rings is 1. The first kappa shape index (κ1) is 11.7. The highest BCUT2D eigenvalue weighted by molar-refractivity contribution is 5.20. The lowest BCUT2D eigenvalue weighted by Crippen LogP contribution is -2.04. The van der Waals surface area contributed by atoms with E-state index in [0.717, 1.165) is 22.8 Å². The monoisotopic (exact) mass is 229 g/mol. The van der Waals surface area contributed by atoms with E-state index in [9.17, 15) is 5.11 Å². The highest BCUT2D eigenvalue weighted by Gasteiger charge is 2.08. The van der Waals surface area contributed by atoms with E-state index in [-0.39, 0.29) is 0 Å². The number of aliphatic hydroxyl groups excluding tert-OH is 1. The van der Waals surface area contributed by atoms with Crippen LogP contribution in [0.5, 0.6) is 0 Å². The molecule has 0 aliphatic carbocycles. The third-order valence-electron chi connectivity index (χ3n) is 2.58. The predicted octanol–water partition coefficient (Wildman–Crippen LogP) is 1.82. The van der Waals surface area contributed by atoms with Gasteiger partial charge in [0.1, 0.15) is 5.82 Å². The van der Waals surface area contributed by atoms with Crippen LogP contribution in [-0.4, -0.2) is 20.1 Å². The van der Waals surface area contributed by atoms with Crippen LogP contribution in [0.25, 0.3) is 0 Å². The van der Waals surface area contributed by atoms with Crippen molar-refractivity contribution in [3.63, 3.8) is 0 Å². The first-order chi connectivity index (χ1) is 8.16. The zero-order chi connectivity index (χ0) is 12.3. The Morgan fingerprint density at radius 2 is 2.12 bits per heavy atom. The minimum Gasteiger partial charge on any atom is -0.389 e. The molecule has 1 atom stereocenters. The van der Waals surface area contributed by atoms with Crippen molar-refractivity contribution in [2.75, 3.05) is 0 Å². The lowest BCUT2D eigenvalue weighted by Gasteiger charge is -2.08. The van der Waals surface area contributed by atoms with E-state index < -0.39 is 6.10 Å². The molecule has 4 nitrogen and oxygen atoms in total. The van der Waals surface area contributed by atoms with Gasteiger partial charge in [0, 0.05) is 29.3 Å². The van der Waals surface area contributed by atoms with Gasteiger partial charge in [-0.15, -0.1) is 0 Å². The molecule has 0 aromatic carbocycles. The van der Waals surface area contributed by atoms with Crippen LogP contribution in [0, 0.1) is 6.92 Å². The molecule has 0 amide bonds. The fourth-order valence-electron chi connectivity index (χ4n) is 1.68. The van der Waals surface area contributed by atoms with E-state index in [1.165, 1.54) is 0 Å². The second-order valence-electron chi connectivity index (χ2n) is 4.00. The maximum absolute atomic E-state index is 9.49. The van der Waals surface area contributed by atoms with Gasteiger partial charge in [0.05, 0.1) is 12.5 Å². The van der Waals surface area contributed by atoms with Crippen molar-refractivity contribution in [1.29, 1.82) is 0 Å². The number of aromatic nitrogens is 3. The van der Waals surface area contributed by atoms with Crippen LogP contribution in [0.4, 0.5) is 0 Å². The first-order valence-corrected chi connectivity index (χ1v) is 5.57. The van der Waals surface area contributed by atoms with Gasteiger partial charge < -0.3 is 5.11 Å². The van der Waals surface area contributed by atoms with E-state index in [0.29, 0.717) is 6.42 Å². The van der Waals surface area contributed by atoms with Gasteiger partial charge >= 0.3 is 0 Å². The Kier molecular flexibility index (Phi) is 3.44. The standard InChI is InChI=1S/C13H15N3O/c1-9-12(10(2)17)8-15-13(16-9)7-11-5-3-4-6-14-11/h3-6,8,10,17H,7H2,1-2H3/t10-/m1/s1. The molecule has 0 bridgehead atoms. The number of aliphatic hydroxyl groups is 1. The normalized spacial score (nSPS) is 12.4. The van der Waals surface area contributed by atoms with Crippen molar-refractivity contribution in [2.24, 2.45) is 0 Å². The van der Waals surface area contributed by atoms with Crippen molar-refractivity contribution in [2.45, 2.75) is 26.4 Å². The summed E-state index contributed by atoms with van der Waals surface area (Å²) in [5, 5.41) is 9.49. The van der Waals surface area contributed by atoms with Crippen molar-refractivity contribution in [3.8, 4) is 0 Å². The highest BCUT2D eigenvalue weighted by atomic mass is 16.3. The number of hydrogen-bond donors (Lipinski definition) is 1. The summed E-state index contributed by atoms with van der Waals surface area (Å²) in [7, 11) is 0. The fourth-order valence-corrected chi connectivity index (χ4v) is 1.68. The van der Waals surface area contributed by atoms with Crippen molar-refractivity contribution in [1.82, 2.24) is 15.0 Å². The van der Waals surface area contributed by atoms with Crippen LogP contribution in [0.1, 0.15) is 35.8 Å². The quantitative estimate of drug-likeness (QED) is 0.872. The topological polar surface area (TPSA) is 58.9 Å². The second-order valence-corrected chi connectivity index (χ2v) is 4.00. The van der Waals surface area contributed by atoms with Crippen molar-refractivity contribution >= 4 is 0 Å². The van der Waals surface area contributed by atoms with E-state index in [4.69, 9.17) is 0 Å². The number of aryl methyl sites for hydroxylation is 1. The fraction of sp³-hybridized carbons (Fsp3) is 0.308. The van der Waals surface area contributed by atoms with Crippen molar-refractivity contribution in [3.05, 3.63) is 53.4 Å². The molecule has 88 valence electrons. The summed E-state index contributed by atoms with van der Waals surface area (Å²) < 4.78 is 0. The van der Waals surface area contributed by atoms with E-state index in [1.807, 2.05) is 25.1 Å². The summed E-state index contributed by atoms with van der Waals surface area (Å²) in [5.41, 5.74) is 2.53. The third-order valence-corrected chi connectivity index (χ3v) is 2.58. The van der Waals surface area contributed by atoms with Gasteiger partial charge in [-0.25, -0.2) is 9.97 Å². The Labute approximate surface area is 100 Å². The van der Waals surface area contributed by atoms with Crippen LogP contribution in [-0.2, 0) is 6.42 Å². The molecule has 0 saturated heterocycles. The molecule has 0 saturated carbocycles. The molecule has 0 radical (unpaired) electrons. The molecule has 2 aromatic rings. The average Bonchev–Trinajstić information content (AvgIpc) is 2.30. The molecule has 0 unspecified atom stereocenters. The molecule has 0 aliphatic heterocycles. The number of hydrogen-bond acceptors (Lipinski definition) is 4. The van der Waals surface area contributed by atoms with Crippen LogP contribution in [0.15, 0.2) is 30.6 Å². The molecule has 2 rings (SSSR count). The summed E-state index contributed by atoms with van der Waals surface area (Å²) in [6.07, 6.45) is 3.53. The van der Waals surface area contributed by atoms with E-state index >= 15 is 0 Å². The van der Waals surface area contributed by atoms with Crippen LogP contribution in [0.2, 0.25) is 0 Å². The SMILES string of the molecule is Cc1nc(Cc2ccccn2)ncc1[C@@H](C)O. The molecule has 0 fully saturated rings. The molecular weight excluding hydrogens is 214 g/mol.